The van der Waals surface area contributed by atoms with Gasteiger partial charge in [-0.05, 0) is 49.6 Å². The summed E-state index contributed by atoms with van der Waals surface area (Å²) in [6, 6.07) is 5.56. The summed E-state index contributed by atoms with van der Waals surface area (Å²) in [5, 5.41) is 13.3. The van der Waals surface area contributed by atoms with E-state index in [4.69, 9.17) is 9.47 Å². The fourth-order valence-electron chi connectivity index (χ4n) is 5.93. The number of aliphatic hydroxyl groups is 1. The summed E-state index contributed by atoms with van der Waals surface area (Å²) in [4.78, 5) is 23.5. The van der Waals surface area contributed by atoms with E-state index >= 15 is 0 Å². The second-order valence-corrected chi connectivity index (χ2v) is 11.3. The van der Waals surface area contributed by atoms with E-state index in [-0.39, 0.29) is 75.2 Å². The highest BCUT2D eigenvalue weighted by Gasteiger charge is 2.46. The van der Waals surface area contributed by atoms with Crippen LogP contribution in [0.3, 0.4) is 0 Å². The van der Waals surface area contributed by atoms with Gasteiger partial charge in [0, 0.05) is 38.3 Å². The Hall–Kier alpha value is -2.84. The van der Waals surface area contributed by atoms with Crippen molar-refractivity contribution in [3.63, 3.8) is 0 Å². The van der Waals surface area contributed by atoms with Crippen LogP contribution < -0.4 is 15.0 Å². The number of aliphatic hydroxyl groups excluding tert-OH is 1. The molecule has 13 heteroatoms. The molecule has 3 aliphatic rings. The summed E-state index contributed by atoms with van der Waals surface area (Å²) < 4.78 is 65.6. The minimum Gasteiger partial charge on any atom is -0.474 e. The van der Waals surface area contributed by atoms with Gasteiger partial charge in [0.25, 0.3) is 0 Å². The van der Waals surface area contributed by atoms with Gasteiger partial charge >= 0.3 is 6.18 Å². The molecule has 3 aliphatic heterocycles. The maximum atomic E-state index is 13.9. The van der Waals surface area contributed by atoms with Crippen molar-refractivity contribution in [2.45, 2.75) is 57.2 Å². The van der Waals surface area contributed by atoms with E-state index in [1.54, 1.807) is 23.1 Å². The summed E-state index contributed by atoms with van der Waals surface area (Å²) >= 11 is 0. The summed E-state index contributed by atoms with van der Waals surface area (Å²) in [6.45, 7) is 4.83. The first kappa shape index (κ1) is 30.6. The number of carbonyl (C=O) groups is 1. The van der Waals surface area contributed by atoms with Crippen LogP contribution >= 0.6 is 0 Å². The summed E-state index contributed by atoms with van der Waals surface area (Å²) in [5.74, 6) is -0.335. The van der Waals surface area contributed by atoms with E-state index in [0.29, 0.717) is 36.5 Å². The third kappa shape index (κ3) is 6.86. The number of pyridine rings is 1. The molecule has 4 heterocycles. The van der Waals surface area contributed by atoms with E-state index in [1.807, 2.05) is 18.7 Å². The number of morpholine rings is 1. The standard InChI is InChI=1S/C29H37F4N5O4/c1-18-12-37(23(11-34-18)13-36-7-8-41-17-26(36)29(31,32)33)14-27(40)38-19(2)16-42-28-25(38)10-21(24(15-39)35-28)9-20-3-5-22(30)6-4-20/h3-6,10,18-19,23,26,34,39H,7-9,11-17H2,1-2H3/t18-,19?,23-,26?/m1/s1. The van der Waals surface area contributed by atoms with Gasteiger partial charge < -0.3 is 24.8 Å². The SMILES string of the molecule is CC1COc2nc(CO)c(Cc3ccc(F)cc3)cc2N1C(=O)CN1C[C@@H](C)NC[C@@H]1CN1CCOCC1C(F)(F)F. The van der Waals surface area contributed by atoms with Crippen molar-refractivity contribution in [1.82, 2.24) is 20.1 Å². The van der Waals surface area contributed by atoms with Crippen molar-refractivity contribution >= 4 is 11.6 Å². The molecule has 4 atom stereocenters. The van der Waals surface area contributed by atoms with E-state index < -0.39 is 18.8 Å². The lowest BCUT2D eigenvalue weighted by atomic mass is 10.0. The number of halogens is 4. The molecule has 0 aliphatic carbocycles. The van der Waals surface area contributed by atoms with Gasteiger partial charge in [0.2, 0.25) is 11.8 Å². The average molecular weight is 596 g/mol. The smallest absolute Gasteiger partial charge is 0.406 e. The molecule has 1 aromatic heterocycles. The monoisotopic (exact) mass is 595 g/mol. The molecule has 0 spiro atoms. The predicted molar refractivity (Wildman–Crippen MR) is 147 cm³/mol. The fourth-order valence-corrected chi connectivity index (χ4v) is 5.93. The molecule has 2 saturated heterocycles. The molecular weight excluding hydrogens is 558 g/mol. The molecular formula is C29H37F4N5O4. The van der Waals surface area contributed by atoms with Gasteiger partial charge in [0.1, 0.15) is 24.2 Å². The Kier molecular flexibility index (Phi) is 9.33. The highest BCUT2D eigenvalue weighted by Crippen LogP contribution is 2.35. The Morgan fingerprint density at radius 2 is 1.93 bits per heavy atom. The number of nitrogens with one attached hydrogen (secondary N) is 1. The second kappa shape index (κ2) is 12.8. The number of benzene rings is 1. The van der Waals surface area contributed by atoms with Gasteiger partial charge in [0.05, 0.1) is 38.1 Å². The molecule has 1 aromatic carbocycles. The van der Waals surface area contributed by atoms with E-state index in [1.165, 1.54) is 17.0 Å². The van der Waals surface area contributed by atoms with Crippen molar-refractivity contribution in [2.24, 2.45) is 0 Å². The fraction of sp³-hybridized carbons (Fsp3) is 0.586. The molecule has 1 amide bonds. The Balaban J connectivity index is 1.37. The molecule has 230 valence electrons. The van der Waals surface area contributed by atoms with Crippen molar-refractivity contribution in [3.8, 4) is 5.88 Å². The van der Waals surface area contributed by atoms with Gasteiger partial charge in [-0.25, -0.2) is 9.37 Å². The lowest BCUT2D eigenvalue weighted by Gasteiger charge is -2.45. The number of carbonyl (C=O) groups excluding carboxylic acids is 1. The molecule has 2 N–H and O–H groups in total. The first-order valence-corrected chi connectivity index (χ1v) is 14.2. The van der Waals surface area contributed by atoms with Gasteiger partial charge in [-0.2, -0.15) is 13.2 Å². The molecule has 0 radical (unpaired) electrons. The number of amides is 1. The van der Waals surface area contributed by atoms with Crippen molar-refractivity contribution in [3.05, 3.63) is 53.0 Å². The molecule has 2 fully saturated rings. The zero-order valence-electron chi connectivity index (χ0n) is 23.7. The van der Waals surface area contributed by atoms with E-state index in [2.05, 4.69) is 10.3 Å². The number of hydrogen-bond acceptors (Lipinski definition) is 8. The van der Waals surface area contributed by atoms with Crippen LogP contribution in [0.25, 0.3) is 0 Å². The first-order chi connectivity index (χ1) is 20.0. The van der Waals surface area contributed by atoms with Gasteiger partial charge in [-0.3, -0.25) is 14.6 Å². The van der Waals surface area contributed by atoms with Crippen LogP contribution in [0, 0.1) is 5.82 Å². The average Bonchev–Trinajstić information content (AvgIpc) is 2.95. The normalized spacial score (nSPS) is 25.6. The highest BCUT2D eigenvalue weighted by molar-refractivity contribution is 5.97. The molecule has 0 saturated carbocycles. The largest absolute Gasteiger partial charge is 0.474 e. The molecule has 2 aromatic rings. The number of aromatic nitrogens is 1. The van der Waals surface area contributed by atoms with Crippen molar-refractivity contribution < 1.29 is 36.9 Å². The zero-order valence-corrected chi connectivity index (χ0v) is 23.7. The van der Waals surface area contributed by atoms with Crippen molar-refractivity contribution in [2.75, 3.05) is 57.4 Å². The van der Waals surface area contributed by atoms with Gasteiger partial charge in [0.15, 0.2) is 0 Å². The molecule has 5 rings (SSSR count). The summed E-state index contributed by atoms with van der Waals surface area (Å²) in [6.07, 6.45) is -4.04. The lowest BCUT2D eigenvalue weighted by Crippen LogP contribution is -2.64. The molecule has 9 nitrogen and oxygen atoms in total. The Labute approximate surface area is 242 Å². The number of anilines is 1. The predicted octanol–water partition coefficient (Wildman–Crippen LogP) is 2.34. The van der Waals surface area contributed by atoms with E-state index in [9.17, 15) is 27.5 Å². The Morgan fingerprint density at radius 3 is 2.64 bits per heavy atom. The van der Waals surface area contributed by atoms with Crippen LogP contribution in [0.5, 0.6) is 5.88 Å². The van der Waals surface area contributed by atoms with Crippen LogP contribution in [0.4, 0.5) is 23.2 Å². The highest BCUT2D eigenvalue weighted by atomic mass is 19.4. The van der Waals surface area contributed by atoms with Gasteiger partial charge in [-0.15, -0.1) is 0 Å². The summed E-state index contributed by atoms with van der Waals surface area (Å²) in [7, 11) is 0. The molecule has 42 heavy (non-hydrogen) atoms. The number of alkyl halides is 3. The van der Waals surface area contributed by atoms with Crippen LogP contribution in [0.2, 0.25) is 0 Å². The lowest BCUT2D eigenvalue weighted by molar-refractivity contribution is -0.213. The van der Waals surface area contributed by atoms with Crippen molar-refractivity contribution in [1.29, 1.82) is 0 Å². The third-order valence-electron chi connectivity index (χ3n) is 8.15. The maximum absolute atomic E-state index is 13.9. The maximum Gasteiger partial charge on any atom is 0.406 e. The number of nitrogens with zero attached hydrogens (tertiary/aromatic N) is 4. The molecule has 2 unspecified atom stereocenters. The number of hydrogen-bond donors (Lipinski definition) is 2. The quantitative estimate of drug-likeness (QED) is 0.472. The second-order valence-electron chi connectivity index (χ2n) is 11.3. The third-order valence-corrected chi connectivity index (χ3v) is 8.15. The topological polar surface area (TPSA) is 90.4 Å². The number of fused-ring (bicyclic) bond motifs is 1. The minimum atomic E-state index is -4.41. The van der Waals surface area contributed by atoms with Crippen LogP contribution in [0.1, 0.15) is 30.7 Å². The van der Waals surface area contributed by atoms with E-state index in [0.717, 1.165) is 5.56 Å². The number of piperazine rings is 1. The summed E-state index contributed by atoms with van der Waals surface area (Å²) in [5.41, 5.74) is 2.37. The minimum absolute atomic E-state index is 0.0105. The Bertz CT molecular complexity index is 1250. The first-order valence-electron chi connectivity index (χ1n) is 14.2. The van der Waals surface area contributed by atoms with Gasteiger partial charge in [-0.1, -0.05) is 12.1 Å². The number of rotatable bonds is 7. The van der Waals surface area contributed by atoms with Crippen LogP contribution in [-0.4, -0.2) is 109 Å². The van der Waals surface area contributed by atoms with Crippen LogP contribution in [0.15, 0.2) is 30.3 Å². The Morgan fingerprint density at radius 1 is 1.17 bits per heavy atom. The zero-order chi connectivity index (χ0) is 30.0. The number of ether oxygens (including phenoxy) is 2. The van der Waals surface area contributed by atoms with Crippen LogP contribution in [-0.2, 0) is 22.6 Å². The molecule has 0 bridgehead atoms.